The number of ether oxygens (including phenoxy) is 2. The van der Waals surface area contributed by atoms with Crippen LogP contribution in [0.5, 0.6) is 11.5 Å². The third kappa shape index (κ3) is 5.82. The van der Waals surface area contributed by atoms with E-state index in [0.717, 1.165) is 16.3 Å². The van der Waals surface area contributed by atoms with Crippen molar-refractivity contribution < 1.29 is 19.1 Å². The predicted molar refractivity (Wildman–Crippen MR) is 122 cm³/mol. The van der Waals surface area contributed by atoms with Crippen LogP contribution in [0.3, 0.4) is 0 Å². The monoisotopic (exact) mass is 419 g/mol. The molecule has 0 bridgehead atoms. The Morgan fingerprint density at radius 2 is 1.71 bits per heavy atom. The molecule has 3 aromatic carbocycles. The van der Waals surface area contributed by atoms with E-state index in [4.69, 9.17) is 9.47 Å². The van der Waals surface area contributed by atoms with Gasteiger partial charge in [0.2, 0.25) is 11.8 Å². The average Bonchev–Trinajstić information content (AvgIpc) is 2.78. The summed E-state index contributed by atoms with van der Waals surface area (Å²) in [5.74, 6) is 0.605. The third-order valence-corrected chi connectivity index (χ3v) is 4.70. The Morgan fingerprint density at radius 1 is 0.935 bits per heavy atom. The second-order valence-electron chi connectivity index (χ2n) is 6.99. The van der Waals surface area contributed by atoms with Crippen molar-refractivity contribution in [3.63, 3.8) is 0 Å². The average molecular weight is 419 g/mol. The molecule has 0 saturated carbocycles. The fourth-order valence-electron chi connectivity index (χ4n) is 3.18. The maximum Gasteiger partial charge on any atom is 0.244 e. The molecule has 7 heteroatoms. The molecule has 0 radical (unpaired) electrons. The van der Waals surface area contributed by atoms with E-state index in [2.05, 4.69) is 15.8 Å². The van der Waals surface area contributed by atoms with Crippen molar-refractivity contribution in [1.29, 1.82) is 0 Å². The minimum absolute atomic E-state index is 0.0315. The number of hydrogen-bond acceptors (Lipinski definition) is 5. The van der Waals surface area contributed by atoms with Gasteiger partial charge in [0.1, 0.15) is 11.5 Å². The van der Waals surface area contributed by atoms with Crippen LogP contribution in [0.15, 0.2) is 65.8 Å². The van der Waals surface area contributed by atoms with E-state index in [1.165, 1.54) is 7.11 Å². The number of carbonyl (C=O) groups excluding carboxylic acids is 2. The highest BCUT2D eigenvalue weighted by Gasteiger charge is 2.11. The van der Waals surface area contributed by atoms with E-state index in [-0.39, 0.29) is 24.7 Å². The molecule has 0 atom stereocenters. The number of anilines is 1. The molecular weight excluding hydrogens is 394 g/mol. The van der Waals surface area contributed by atoms with Gasteiger partial charge in [-0.15, -0.1) is 0 Å². The summed E-state index contributed by atoms with van der Waals surface area (Å²) in [6.07, 6.45) is 0.233. The highest BCUT2D eigenvalue weighted by Crippen LogP contribution is 2.29. The standard InChI is InChI=1S/C24H25N3O4/c1-16(13-23(28)25-21-12-11-19(30-2)15-22(21)31-3)26-27-24(29)14-18-9-6-8-17-7-4-5-10-20(17)18/h4-12,15H,13-14H2,1-3H3,(H,25,28)(H,27,29)/b26-16-. The van der Waals surface area contributed by atoms with Crippen LogP contribution >= 0.6 is 0 Å². The quantitative estimate of drug-likeness (QED) is 0.428. The molecule has 2 amide bonds. The molecule has 2 N–H and O–H groups in total. The van der Waals surface area contributed by atoms with Gasteiger partial charge in [0.25, 0.3) is 0 Å². The maximum atomic E-state index is 12.3. The molecule has 0 unspecified atom stereocenters. The van der Waals surface area contributed by atoms with Crippen molar-refractivity contribution in [2.75, 3.05) is 19.5 Å². The highest BCUT2D eigenvalue weighted by atomic mass is 16.5. The number of rotatable bonds is 8. The van der Waals surface area contributed by atoms with Gasteiger partial charge in [-0.05, 0) is 35.4 Å². The number of hydrogen-bond donors (Lipinski definition) is 2. The van der Waals surface area contributed by atoms with Gasteiger partial charge in [-0.2, -0.15) is 5.10 Å². The smallest absolute Gasteiger partial charge is 0.244 e. The van der Waals surface area contributed by atoms with Crippen molar-refractivity contribution in [2.24, 2.45) is 5.10 Å². The van der Waals surface area contributed by atoms with Crippen molar-refractivity contribution in [1.82, 2.24) is 5.43 Å². The zero-order chi connectivity index (χ0) is 22.2. The van der Waals surface area contributed by atoms with Gasteiger partial charge >= 0.3 is 0 Å². The zero-order valence-electron chi connectivity index (χ0n) is 17.8. The fourth-order valence-corrected chi connectivity index (χ4v) is 3.18. The summed E-state index contributed by atoms with van der Waals surface area (Å²) in [5.41, 5.74) is 4.47. The minimum atomic E-state index is -0.270. The Kier molecular flexibility index (Phi) is 7.22. The summed E-state index contributed by atoms with van der Waals surface area (Å²) >= 11 is 0. The van der Waals surface area contributed by atoms with Crippen LogP contribution < -0.4 is 20.2 Å². The number of nitrogens with zero attached hydrogens (tertiary/aromatic N) is 1. The second kappa shape index (κ2) is 10.2. The molecule has 0 heterocycles. The molecule has 7 nitrogen and oxygen atoms in total. The Labute approximate surface area is 181 Å². The number of hydrazone groups is 1. The summed E-state index contributed by atoms with van der Waals surface area (Å²) < 4.78 is 10.4. The lowest BCUT2D eigenvalue weighted by Gasteiger charge is -2.11. The van der Waals surface area contributed by atoms with Crippen molar-refractivity contribution in [3.8, 4) is 11.5 Å². The summed E-state index contributed by atoms with van der Waals surface area (Å²) in [4.78, 5) is 24.7. The van der Waals surface area contributed by atoms with Crippen LogP contribution in [0, 0.1) is 0 Å². The molecule has 0 aliphatic rings. The van der Waals surface area contributed by atoms with Crippen LogP contribution in [0.4, 0.5) is 5.69 Å². The number of methoxy groups -OCH3 is 2. The Balaban J connectivity index is 1.56. The van der Waals surface area contributed by atoms with Crippen molar-refractivity contribution >= 4 is 34.0 Å². The van der Waals surface area contributed by atoms with E-state index in [0.29, 0.717) is 22.9 Å². The van der Waals surface area contributed by atoms with E-state index < -0.39 is 0 Å². The fraction of sp³-hybridized carbons (Fsp3) is 0.208. The van der Waals surface area contributed by atoms with Gasteiger partial charge in [-0.1, -0.05) is 42.5 Å². The third-order valence-electron chi connectivity index (χ3n) is 4.70. The highest BCUT2D eigenvalue weighted by molar-refractivity contribution is 6.06. The van der Waals surface area contributed by atoms with Gasteiger partial charge < -0.3 is 14.8 Å². The largest absolute Gasteiger partial charge is 0.497 e. The van der Waals surface area contributed by atoms with Crippen molar-refractivity contribution in [2.45, 2.75) is 19.8 Å². The van der Waals surface area contributed by atoms with Crippen LogP contribution in [0.25, 0.3) is 10.8 Å². The van der Waals surface area contributed by atoms with Crippen LogP contribution in [-0.4, -0.2) is 31.7 Å². The first-order valence-electron chi connectivity index (χ1n) is 9.80. The number of amides is 2. The van der Waals surface area contributed by atoms with E-state index in [1.807, 2.05) is 42.5 Å². The summed E-state index contributed by atoms with van der Waals surface area (Å²) in [6, 6.07) is 18.9. The Morgan fingerprint density at radius 3 is 2.48 bits per heavy atom. The molecule has 3 rings (SSSR count). The first kappa shape index (κ1) is 21.8. The number of benzene rings is 3. The van der Waals surface area contributed by atoms with Gasteiger partial charge in [-0.3, -0.25) is 9.59 Å². The van der Waals surface area contributed by atoms with Gasteiger partial charge in [0.15, 0.2) is 0 Å². The Hall–Kier alpha value is -3.87. The van der Waals surface area contributed by atoms with Gasteiger partial charge in [0.05, 0.1) is 32.7 Å². The number of fused-ring (bicyclic) bond motifs is 1. The Bertz CT molecular complexity index is 1120. The lowest BCUT2D eigenvalue weighted by Crippen LogP contribution is -2.23. The van der Waals surface area contributed by atoms with E-state index in [9.17, 15) is 9.59 Å². The first-order chi connectivity index (χ1) is 15.0. The lowest BCUT2D eigenvalue weighted by atomic mass is 10.0. The number of carbonyl (C=O) groups is 2. The maximum absolute atomic E-state index is 12.3. The minimum Gasteiger partial charge on any atom is -0.497 e. The molecule has 0 aromatic heterocycles. The van der Waals surface area contributed by atoms with Gasteiger partial charge in [0, 0.05) is 11.8 Å². The molecule has 0 saturated heterocycles. The molecule has 31 heavy (non-hydrogen) atoms. The van der Waals surface area contributed by atoms with Crippen LogP contribution in [0.1, 0.15) is 18.9 Å². The SMILES string of the molecule is COc1ccc(NC(=O)C/C(C)=N\NC(=O)Cc2cccc3ccccc23)c(OC)c1. The van der Waals surface area contributed by atoms with Crippen LogP contribution in [-0.2, 0) is 16.0 Å². The molecule has 3 aromatic rings. The number of nitrogens with one attached hydrogen (secondary N) is 2. The molecule has 160 valence electrons. The first-order valence-corrected chi connectivity index (χ1v) is 9.80. The van der Waals surface area contributed by atoms with E-state index in [1.54, 1.807) is 32.2 Å². The molecule has 0 aliphatic heterocycles. The van der Waals surface area contributed by atoms with Crippen LogP contribution in [0.2, 0.25) is 0 Å². The molecular formula is C24H25N3O4. The molecule has 0 spiro atoms. The van der Waals surface area contributed by atoms with Gasteiger partial charge in [-0.25, -0.2) is 5.43 Å². The second-order valence-corrected chi connectivity index (χ2v) is 6.99. The summed E-state index contributed by atoms with van der Waals surface area (Å²) in [5, 5.41) is 8.95. The normalized spacial score (nSPS) is 11.1. The topological polar surface area (TPSA) is 89.0 Å². The predicted octanol–water partition coefficient (Wildman–Crippen LogP) is 3.92. The summed E-state index contributed by atoms with van der Waals surface area (Å²) in [6.45, 7) is 1.68. The summed E-state index contributed by atoms with van der Waals surface area (Å²) in [7, 11) is 3.07. The molecule has 0 fully saturated rings. The van der Waals surface area contributed by atoms with E-state index >= 15 is 0 Å². The lowest BCUT2D eigenvalue weighted by molar-refractivity contribution is -0.120. The zero-order valence-corrected chi connectivity index (χ0v) is 17.8. The molecule has 0 aliphatic carbocycles. The van der Waals surface area contributed by atoms with Crippen molar-refractivity contribution in [3.05, 3.63) is 66.2 Å².